The maximum absolute atomic E-state index is 4.72. The predicted octanol–water partition coefficient (Wildman–Crippen LogP) is 5.19. The Balaban J connectivity index is 1.90. The van der Waals surface area contributed by atoms with Crippen LogP contribution in [0.3, 0.4) is 0 Å². The lowest BCUT2D eigenvalue weighted by Crippen LogP contribution is -2.02. The third-order valence-corrected chi connectivity index (χ3v) is 4.75. The fourth-order valence-corrected chi connectivity index (χ4v) is 2.98. The molecule has 0 atom stereocenters. The zero-order valence-electron chi connectivity index (χ0n) is 13.3. The van der Waals surface area contributed by atoms with E-state index in [1.54, 1.807) is 18.5 Å². The first-order valence-corrected chi connectivity index (χ1v) is 9.33. The third-order valence-electron chi connectivity index (χ3n) is 3.69. The van der Waals surface area contributed by atoms with E-state index in [9.17, 15) is 0 Å². The SMILES string of the molecule is Brc1ccc(-c2nnc(-c3ncccn3)nc2-c2ccc(Br)cc2)cc1. The van der Waals surface area contributed by atoms with Crippen LogP contribution in [0.4, 0.5) is 0 Å². The summed E-state index contributed by atoms with van der Waals surface area (Å²) in [4.78, 5) is 13.2. The van der Waals surface area contributed by atoms with Gasteiger partial charge in [-0.1, -0.05) is 56.1 Å². The minimum atomic E-state index is 0.393. The number of aromatic nitrogens is 5. The van der Waals surface area contributed by atoms with Gasteiger partial charge in [-0.15, -0.1) is 10.2 Å². The molecule has 0 amide bonds. The van der Waals surface area contributed by atoms with Crippen molar-refractivity contribution in [2.24, 2.45) is 0 Å². The molecular weight excluding hydrogens is 458 g/mol. The summed E-state index contributed by atoms with van der Waals surface area (Å²) in [5, 5.41) is 8.68. The van der Waals surface area contributed by atoms with Gasteiger partial charge in [-0.3, -0.25) is 0 Å². The van der Waals surface area contributed by atoms with Crippen LogP contribution in [0.25, 0.3) is 34.2 Å². The van der Waals surface area contributed by atoms with E-state index in [4.69, 9.17) is 4.98 Å². The van der Waals surface area contributed by atoms with Gasteiger partial charge in [0.1, 0.15) is 11.4 Å². The molecule has 4 aromatic rings. The standard InChI is InChI=1S/C19H11Br2N5/c20-14-6-2-12(3-7-14)16-17(13-4-8-15(21)9-5-13)25-26-19(24-16)18-22-10-1-11-23-18/h1-11H. The van der Waals surface area contributed by atoms with Crippen molar-refractivity contribution in [2.45, 2.75) is 0 Å². The largest absolute Gasteiger partial charge is 0.234 e. The van der Waals surface area contributed by atoms with Gasteiger partial charge in [0.05, 0.1) is 0 Å². The van der Waals surface area contributed by atoms with Gasteiger partial charge in [0.15, 0.2) is 5.82 Å². The van der Waals surface area contributed by atoms with Crippen LogP contribution in [0.5, 0.6) is 0 Å². The Kier molecular flexibility index (Phi) is 4.81. The molecule has 0 aliphatic carbocycles. The monoisotopic (exact) mass is 467 g/mol. The first-order valence-electron chi connectivity index (χ1n) is 7.75. The van der Waals surface area contributed by atoms with Gasteiger partial charge in [0.2, 0.25) is 5.82 Å². The van der Waals surface area contributed by atoms with Crippen LogP contribution in [0.15, 0.2) is 75.9 Å². The quantitative estimate of drug-likeness (QED) is 0.414. The van der Waals surface area contributed by atoms with E-state index >= 15 is 0 Å². The molecule has 0 radical (unpaired) electrons. The molecule has 2 aromatic carbocycles. The van der Waals surface area contributed by atoms with Crippen molar-refractivity contribution in [3.63, 3.8) is 0 Å². The van der Waals surface area contributed by atoms with E-state index in [0.29, 0.717) is 17.3 Å². The molecule has 0 bridgehead atoms. The number of hydrogen-bond donors (Lipinski definition) is 0. The molecule has 126 valence electrons. The van der Waals surface area contributed by atoms with Crippen LogP contribution in [-0.4, -0.2) is 25.1 Å². The molecule has 0 N–H and O–H groups in total. The van der Waals surface area contributed by atoms with Gasteiger partial charge in [-0.25, -0.2) is 15.0 Å². The Morgan fingerprint density at radius 1 is 0.577 bits per heavy atom. The number of hydrogen-bond acceptors (Lipinski definition) is 5. The average Bonchev–Trinajstić information content (AvgIpc) is 2.70. The molecule has 7 heteroatoms. The van der Waals surface area contributed by atoms with Crippen LogP contribution in [-0.2, 0) is 0 Å². The molecule has 2 heterocycles. The average molecular weight is 469 g/mol. The molecule has 0 unspecified atom stereocenters. The van der Waals surface area contributed by atoms with E-state index in [0.717, 1.165) is 25.8 Å². The molecular formula is C19H11Br2N5. The zero-order chi connectivity index (χ0) is 17.9. The van der Waals surface area contributed by atoms with Gasteiger partial charge in [-0.2, -0.15) is 0 Å². The summed E-state index contributed by atoms with van der Waals surface area (Å²) in [5.74, 6) is 0.838. The van der Waals surface area contributed by atoms with Crippen molar-refractivity contribution >= 4 is 31.9 Å². The van der Waals surface area contributed by atoms with Crippen molar-refractivity contribution in [3.05, 3.63) is 75.9 Å². The summed E-state index contributed by atoms with van der Waals surface area (Å²) >= 11 is 6.93. The molecule has 0 saturated heterocycles. The molecule has 2 aromatic heterocycles. The Hall–Kier alpha value is -2.51. The van der Waals surface area contributed by atoms with Gasteiger partial charge in [0, 0.05) is 32.5 Å². The smallest absolute Gasteiger partial charge is 0.220 e. The van der Waals surface area contributed by atoms with E-state index in [1.165, 1.54) is 0 Å². The summed E-state index contributed by atoms with van der Waals surface area (Å²) in [7, 11) is 0. The highest BCUT2D eigenvalue weighted by Gasteiger charge is 2.15. The fourth-order valence-electron chi connectivity index (χ4n) is 2.45. The van der Waals surface area contributed by atoms with Crippen molar-refractivity contribution in [3.8, 4) is 34.2 Å². The van der Waals surface area contributed by atoms with E-state index in [1.807, 2.05) is 48.5 Å². The lowest BCUT2D eigenvalue weighted by molar-refractivity contribution is 0.964. The maximum Gasteiger partial charge on any atom is 0.220 e. The number of nitrogens with zero attached hydrogens (tertiary/aromatic N) is 5. The second-order valence-corrected chi connectivity index (χ2v) is 7.25. The summed E-state index contributed by atoms with van der Waals surface area (Å²) in [6.45, 7) is 0. The first kappa shape index (κ1) is 16.9. The van der Waals surface area contributed by atoms with E-state index in [-0.39, 0.29) is 0 Å². The highest BCUT2D eigenvalue weighted by atomic mass is 79.9. The van der Waals surface area contributed by atoms with Gasteiger partial charge >= 0.3 is 0 Å². The number of benzene rings is 2. The summed E-state index contributed by atoms with van der Waals surface area (Å²) in [5.41, 5.74) is 3.32. The van der Waals surface area contributed by atoms with Crippen LogP contribution < -0.4 is 0 Å². The Labute approximate surface area is 166 Å². The first-order chi connectivity index (χ1) is 12.7. The predicted molar refractivity (Wildman–Crippen MR) is 107 cm³/mol. The second-order valence-electron chi connectivity index (χ2n) is 5.42. The topological polar surface area (TPSA) is 64.5 Å². The highest BCUT2D eigenvalue weighted by Crippen LogP contribution is 2.31. The van der Waals surface area contributed by atoms with Crippen LogP contribution >= 0.6 is 31.9 Å². The van der Waals surface area contributed by atoms with E-state index < -0.39 is 0 Å². The number of rotatable bonds is 3. The summed E-state index contributed by atoms with van der Waals surface area (Å²) in [6.07, 6.45) is 3.32. The summed E-state index contributed by atoms with van der Waals surface area (Å²) < 4.78 is 2.00. The summed E-state index contributed by atoms with van der Waals surface area (Å²) in [6, 6.07) is 17.6. The Morgan fingerprint density at radius 2 is 1.12 bits per heavy atom. The molecule has 0 aliphatic heterocycles. The molecule has 0 saturated carbocycles. The molecule has 0 fully saturated rings. The van der Waals surface area contributed by atoms with Gasteiger partial charge in [-0.05, 0) is 30.3 Å². The fraction of sp³-hybridized carbons (Fsp3) is 0. The lowest BCUT2D eigenvalue weighted by atomic mass is 10.0. The Bertz CT molecular complexity index is 1040. The van der Waals surface area contributed by atoms with Crippen molar-refractivity contribution < 1.29 is 0 Å². The van der Waals surface area contributed by atoms with Crippen molar-refractivity contribution in [1.29, 1.82) is 0 Å². The van der Waals surface area contributed by atoms with Gasteiger partial charge in [0.25, 0.3) is 0 Å². The lowest BCUT2D eigenvalue weighted by Gasteiger charge is -2.09. The van der Waals surface area contributed by atoms with Crippen LogP contribution in [0.1, 0.15) is 0 Å². The minimum absolute atomic E-state index is 0.393. The Morgan fingerprint density at radius 3 is 1.69 bits per heavy atom. The minimum Gasteiger partial charge on any atom is -0.234 e. The van der Waals surface area contributed by atoms with Crippen molar-refractivity contribution in [1.82, 2.24) is 25.1 Å². The van der Waals surface area contributed by atoms with Gasteiger partial charge < -0.3 is 0 Å². The molecule has 0 spiro atoms. The van der Waals surface area contributed by atoms with E-state index in [2.05, 4.69) is 52.0 Å². The normalized spacial score (nSPS) is 10.7. The third kappa shape index (κ3) is 3.54. The number of halogens is 2. The van der Waals surface area contributed by atoms with Crippen LogP contribution in [0, 0.1) is 0 Å². The van der Waals surface area contributed by atoms with Crippen LogP contribution in [0.2, 0.25) is 0 Å². The highest BCUT2D eigenvalue weighted by molar-refractivity contribution is 9.10. The molecule has 26 heavy (non-hydrogen) atoms. The molecule has 4 rings (SSSR count). The second kappa shape index (κ2) is 7.39. The zero-order valence-corrected chi connectivity index (χ0v) is 16.5. The van der Waals surface area contributed by atoms with Crippen molar-refractivity contribution in [2.75, 3.05) is 0 Å². The maximum atomic E-state index is 4.72. The molecule has 5 nitrogen and oxygen atoms in total. The molecule has 0 aliphatic rings.